The van der Waals surface area contributed by atoms with Crippen molar-refractivity contribution in [1.82, 2.24) is 19.5 Å². The second-order valence-corrected chi connectivity index (χ2v) is 15.6. The Morgan fingerprint density at radius 3 is 2.12 bits per heavy atom. The summed E-state index contributed by atoms with van der Waals surface area (Å²) in [4.78, 5) is 12.7. The van der Waals surface area contributed by atoms with Crippen molar-refractivity contribution in [1.29, 1.82) is 0 Å². The number of anilines is 1. The third-order valence-electron chi connectivity index (χ3n) is 9.30. The standard InChI is InChI=1S/C40H62N5O6P/c1-3-4-5-6-7-8-9-10-11-12-13-14-15-16-17-20-26-48-27-28-50-52(46,51-37-25-21-23-34-22-18-19-24-36(34)37)33-49-35(30-47-2)29-45-32-44-38-39(41)42-31-43-40(38)45/h18-19,21-25,31-32,35H,3-17,20,26-30,33H2,1-2H3,(H2,41,42,43). The molecule has 11 nitrogen and oxygen atoms in total. The Morgan fingerprint density at radius 1 is 0.769 bits per heavy atom. The summed E-state index contributed by atoms with van der Waals surface area (Å²) in [5.74, 6) is 0.765. The van der Waals surface area contributed by atoms with Crippen LogP contribution in [0.1, 0.15) is 110 Å². The summed E-state index contributed by atoms with van der Waals surface area (Å²) < 4.78 is 45.6. The summed E-state index contributed by atoms with van der Waals surface area (Å²) >= 11 is 0. The maximum atomic E-state index is 14.3. The molecule has 0 amide bonds. The highest BCUT2D eigenvalue weighted by atomic mass is 31.2. The van der Waals surface area contributed by atoms with Crippen molar-refractivity contribution in [3.8, 4) is 5.75 Å². The van der Waals surface area contributed by atoms with Gasteiger partial charge < -0.3 is 29.0 Å². The summed E-state index contributed by atoms with van der Waals surface area (Å²) in [7, 11) is -2.21. The topological polar surface area (TPSA) is 133 Å². The minimum absolute atomic E-state index is 0.113. The maximum Gasteiger partial charge on any atom is 0.404 e. The molecule has 52 heavy (non-hydrogen) atoms. The number of hydrogen-bond donors (Lipinski definition) is 1. The molecule has 2 aromatic carbocycles. The van der Waals surface area contributed by atoms with Crippen molar-refractivity contribution in [3.63, 3.8) is 0 Å². The summed E-state index contributed by atoms with van der Waals surface area (Å²) in [6, 6.07) is 13.4. The van der Waals surface area contributed by atoms with Crippen molar-refractivity contribution in [3.05, 3.63) is 55.1 Å². The first-order chi connectivity index (χ1) is 25.5. The van der Waals surface area contributed by atoms with Crippen LogP contribution in [-0.4, -0.2) is 65.5 Å². The van der Waals surface area contributed by atoms with Gasteiger partial charge in [-0.05, 0) is 17.9 Å². The lowest BCUT2D eigenvalue weighted by Crippen LogP contribution is -2.26. The summed E-state index contributed by atoms with van der Waals surface area (Å²) in [6.45, 7) is 3.91. The average molecular weight is 740 g/mol. The normalized spacial score (nSPS) is 13.5. The van der Waals surface area contributed by atoms with Gasteiger partial charge in [0.05, 0.1) is 38.8 Å². The fourth-order valence-corrected chi connectivity index (χ4v) is 7.78. The van der Waals surface area contributed by atoms with E-state index in [9.17, 15) is 4.57 Å². The van der Waals surface area contributed by atoms with E-state index in [1.54, 1.807) is 24.1 Å². The third kappa shape index (κ3) is 14.7. The van der Waals surface area contributed by atoms with Gasteiger partial charge in [-0.3, -0.25) is 4.52 Å². The van der Waals surface area contributed by atoms with Crippen LogP contribution in [0.3, 0.4) is 0 Å². The molecule has 0 saturated heterocycles. The molecule has 12 heteroatoms. The molecule has 2 N–H and O–H groups in total. The van der Waals surface area contributed by atoms with Crippen molar-refractivity contribution < 1.29 is 27.8 Å². The maximum absolute atomic E-state index is 14.3. The van der Waals surface area contributed by atoms with Crippen LogP contribution in [0.5, 0.6) is 5.75 Å². The number of nitrogens with two attached hydrogens (primary N) is 1. The highest BCUT2D eigenvalue weighted by Crippen LogP contribution is 2.50. The van der Waals surface area contributed by atoms with Gasteiger partial charge in [-0.15, -0.1) is 0 Å². The van der Waals surface area contributed by atoms with Crippen LogP contribution in [0.25, 0.3) is 21.9 Å². The second kappa shape index (κ2) is 24.3. The lowest BCUT2D eigenvalue weighted by Gasteiger charge is -2.24. The molecular weight excluding hydrogens is 677 g/mol. The second-order valence-electron chi connectivity index (χ2n) is 13.6. The van der Waals surface area contributed by atoms with E-state index in [0.717, 1.165) is 23.6 Å². The average Bonchev–Trinajstić information content (AvgIpc) is 3.57. The minimum Gasteiger partial charge on any atom is -0.422 e. The number of rotatable bonds is 30. The Hall–Kier alpha value is -3.08. The first-order valence-electron chi connectivity index (χ1n) is 19.5. The largest absolute Gasteiger partial charge is 0.422 e. The molecular formula is C40H62N5O6P. The van der Waals surface area contributed by atoms with Crippen molar-refractivity contribution >= 4 is 35.3 Å². The van der Waals surface area contributed by atoms with Crippen molar-refractivity contribution in [2.45, 2.75) is 122 Å². The number of fused-ring (bicyclic) bond motifs is 2. The van der Waals surface area contributed by atoms with E-state index in [1.807, 2.05) is 36.4 Å². The van der Waals surface area contributed by atoms with E-state index in [0.29, 0.717) is 42.5 Å². The van der Waals surface area contributed by atoms with Gasteiger partial charge in [-0.25, -0.2) is 19.5 Å². The number of ether oxygens (including phenoxy) is 3. The zero-order valence-corrected chi connectivity index (χ0v) is 32.5. The number of aromatic nitrogens is 4. The summed E-state index contributed by atoms with van der Waals surface area (Å²) in [5.41, 5.74) is 7.05. The third-order valence-corrected chi connectivity index (χ3v) is 10.8. The van der Waals surface area contributed by atoms with E-state index in [4.69, 9.17) is 29.0 Å². The molecule has 288 valence electrons. The predicted octanol–water partition coefficient (Wildman–Crippen LogP) is 10.1. The quantitative estimate of drug-likeness (QED) is 0.0407. The summed E-state index contributed by atoms with van der Waals surface area (Å²) in [6.07, 6.45) is 23.6. The van der Waals surface area contributed by atoms with E-state index >= 15 is 0 Å². The number of nitrogen functional groups attached to an aromatic ring is 1. The molecule has 0 aliphatic heterocycles. The zero-order valence-electron chi connectivity index (χ0n) is 31.6. The molecule has 0 aliphatic carbocycles. The zero-order chi connectivity index (χ0) is 36.7. The number of unbranched alkanes of at least 4 members (excludes halogenated alkanes) is 15. The van der Waals surface area contributed by atoms with Gasteiger partial charge in [0.15, 0.2) is 17.8 Å². The molecule has 0 spiro atoms. The molecule has 4 rings (SSSR count). The molecule has 2 atom stereocenters. The molecule has 0 radical (unpaired) electrons. The Labute approximate surface area is 310 Å². The molecule has 0 saturated carbocycles. The van der Waals surface area contributed by atoms with Crippen molar-refractivity contribution in [2.75, 3.05) is 45.6 Å². The Balaban J connectivity index is 1.17. The first kappa shape index (κ1) is 41.7. The number of methoxy groups -OCH3 is 1. The molecule has 0 bridgehead atoms. The van der Waals surface area contributed by atoms with Gasteiger partial charge >= 0.3 is 7.60 Å². The van der Waals surface area contributed by atoms with Crippen LogP contribution < -0.4 is 10.3 Å². The van der Waals surface area contributed by atoms with E-state index in [2.05, 4.69) is 21.9 Å². The molecule has 0 aliphatic rings. The molecule has 2 unspecified atom stereocenters. The van der Waals surface area contributed by atoms with Gasteiger partial charge in [-0.2, -0.15) is 0 Å². The SMILES string of the molecule is CCCCCCCCCCCCCCCCCCOCCOP(=O)(COC(COC)Cn1cnc2c(N)ncnc21)Oc1cccc2ccccc12. The number of imidazole rings is 1. The number of nitrogens with zero attached hydrogens (tertiary/aromatic N) is 4. The Kier molecular flexibility index (Phi) is 19.5. The lowest BCUT2D eigenvalue weighted by molar-refractivity contribution is 0.00178. The lowest BCUT2D eigenvalue weighted by atomic mass is 10.0. The van der Waals surface area contributed by atoms with Crippen LogP contribution in [0.4, 0.5) is 5.82 Å². The van der Waals surface area contributed by atoms with Crippen LogP contribution in [-0.2, 0) is 29.8 Å². The molecule has 4 aromatic rings. The van der Waals surface area contributed by atoms with Gasteiger partial charge in [0.25, 0.3) is 0 Å². The smallest absolute Gasteiger partial charge is 0.404 e. The minimum atomic E-state index is -3.79. The monoisotopic (exact) mass is 739 g/mol. The van der Waals surface area contributed by atoms with E-state index < -0.39 is 13.7 Å². The Morgan fingerprint density at radius 2 is 1.42 bits per heavy atom. The first-order valence-corrected chi connectivity index (χ1v) is 21.3. The highest BCUT2D eigenvalue weighted by Gasteiger charge is 2.30. The van der Waals surface area contributed by atoms with Crippen LogP contribution in [0, 0.1) is 0 Å². The molecule has 0 fully saturated rings. The van der Waals surface area contributed by atoms with Gasteiger partial charge in [0, 0.05) is 19.1 Å². The predicted molar refractivity (Wildman–Crippen MR) is 210 cm³/mol. The number of hydrogen-bond acceptors (Lipinski definition) is 10. The van der Waals surface area contributed by atoms with Gasteiger partial charge in [0.2, 0.25) is 0 Å². The van der Waals surface area contributed by atoms with E-state index in [-0.39, 0.29) is 19.6 Å². The van der Waals surface area contributed by atoms with Crippen LogP contribution >= 0.6 is 7.60 Å². The van der Waals surface area contributed by atoms with Crippen LogP contribution in [0.2, 0.25) is 0 Å². The Bertz CT molecular complexity index is 1600. The molecule has 2 aromatic heterocycles. The van der Waals surface area contributed by atoms with Crippen molar-refractivity contribution in [2.24, 2.45) is 0 Å². The highest BCUT2D eigenvalue weighted by molar-refractivity contribution is 7.54. The van der Waals surface area contributed by atoms with E-state index in [1.165, 1.54) is 96.2 Å². The van der Waals surface area contributed by atoms with Crippen LogP contribution in [0.15, 0.2) is 55.1 Å². The summed E-state index contributed by atoms with van der Waals surface area (Å²) in [5, 5.41) is 1.81. The fraction of sp³-hybridized carbons (Fsp3) is 0.625. The fourth-order valence-electron chi connectivity index (χ4n) is 6.39. The van der Waals surface area contributed by atoms with Gasteiger partial charge in [0.1, 0.15) is 17.6 Å². The molecule has 2 heterocycles. The van der Waals surface area contributed by atoms with Gasteiger partial charge in [-0.1, -0.05) is 140 Å². The number of benzene rings is 2.